The van der Waals surface area contributed by atoms with Crippen LogP contribution in [0.5, 0.6) is 0 Å². The van der Waals surface area contributed by atoms with Crippen LogP contribution in [0.15, 0.2) is 30.3 Å². The maximum Gasteiger partial charge on any atom is 0.0577 e. The average Bonchev–Trinajstić information content (AvgIpc) is 2.39. The van der Waals surface area contributed by atoms with Crippen molar-refractivity contribution < 1.29 is 5.11 Å². The minimum absolute atomic E-state index is 0.157. The van der Waals surface area contributed by atoms with Gasteiger partial charge in [-0.15, -0.1) is 11.8 Å². The molecule has 1 saturated carbocycles. The molecule has 1 heteroatoms. The molecule has 1 aromatic carbocycles. The van der Waals surface area contributed by atoms with Crippen molar-refractivity contribution in [1.29, 1.82) is 0 Å². The van der Waals surface area contributed by atoms with Crippen molar-refractivity contribution in [3.05, 3.63) is 35.9 Å². The van der Waals surface area contributed by atoms with E-state index in [9.17, 15) is 5.11 Å². The summed E-state index contributed by atoms with van der Waals surface area (Å²) in [5.74, 6) is 6.99. The minimum atomic E-state index is -0.157. The zero-order valence-corrected chi connectivity index (χ0v) is 10.4. The molecule has 1 N–H and O–H groups in total. The Morgan fingerprint density at radius 1 is 1.24 bits per heavy atom. The first-order chi connectivity index (χ1) is 8.31. The van der Waals surface area contributed by atoms with Crippen LogP contribution in [-0.2, 0) is 0 Å². The minimum Gasteiger partial charge on any atom is -0.393 e. The molecule has 0 aliphatic heterocycles. The lowest BCUT2D eigenvalue weighted by Gasteiger charge is -2.32. The topological polar surface area (TPSA) is 20.2 Å². The van der Waals surface area contributed by atoms with Gasteiger partial charge in [0.1, 0.15) is 0 Å². The second-order valence-corrected chi connectivity index (χ2v) is 4.88. The smallest absolute Gasteiger partial charge is 0.0577 e. The number of hydrogen-bond donors (Lipinski definition) is 1. The zero-order valence-electron chi connectivity index (χ0n) is 10.4. The highest BCUT2D eigenvalue weighted by atomic mass is 16.3. The lowest BCUT2D eigenvalue weighted by Crippen LogP contribution is -2.28. The quantitative estimate of drug-likeness (QED) is 0.770. The average molecular weight is 228 g/mol. The Morgan fingerprint density at radius 2 is 2.00 bits per heavy atom. The van der Waals surface area contributed by atoms with E-state index in [1.807, 2.05) is 6.92 Å². The largest absolute Gasteiger partial charge is 0.393 e. The summed E-state index contributed by atoms with van der Waals surface area (Å²) in [5, 5.41) is 9.99. The maximum absolute atomic E-state index is 9.99. The number of hydrogen-bond acceptors (Lipinski definition) is 1. The van der Waals surface area contributed by atoms with Gasteiger partial charge in [-0.2, -0.15) is 0 Å². The first-order valence-corrected chi connectivity index (χ1v) is 6.44. The van der Waals surface area contributed by atoms with Gasteiger partial charge in [-0.1, -0.05) is 30.3 Å². The lowest BCUT2D eigenvalue weighted by atomic mass is 9.75. The van der Waals surface area contributed by atoms with Crippen molar-refractivity contribution in [3.63, 3.8) is 0 Å². The monoisotopic (exact) mass is 228 g/mol. The predicted molar refractivity (Wildman–Crippen MR) is 70.6 cm³/mol. The third-order valence-corrected chi connectivity index (χ3v) is 3.75. The molecule has 90 valence electrons. The molecule has 17 heavy (non-hydrogen) atoms. The van der Waals surface area contributed by atoms with Crippen LogP contribution in [0.2, 0.25) is 0 Å². The molecule has 0 heterocycles. The van der Waals surface area contributed by atoms with Crippen molar-refractivity contribution >= 4 is 0 Å². The van der Waals surface area contributed by atoms with Crippen LogP contribution < -0.4 is 0 Å². The molecule has 0 aromatic heterocycles. The van der Waals surface area contributed by atoms with E-state index < -0.39 is 0 Å². The maximum atomic E-state index is 9.99. The highest BCUT2D eigenvalue weighted by Gasteiger charge is 2.29. The Balaban J connectivity index is 2.04. The van der Waals surface area contributed by atoms with Crippen molar-refractivity contribution in [3.8, 4) is 11.8 Å². The SMILES string of the molecule is CC#CCC1CC(c2ccccc2)CCC1O. The first kappa shape index (κ1) is 12.2. The standard InChI is InChI=1S/C16H20O/c1-2-3-7-15-12-14(10-11-16(15)17)13-8-5-4-6-9-13/h4-6,8-9,14-17H,7,10-12H2,1H3. The van der Waals surface area contributed by atoms with Gasteiger partial charge >= 0.3 is 0 Å². The summed E-state index contributed by atoms with van der Waals surface area (Å²) in [4.78, 5) is 0. The fourth-order valence-corrected chi connectivity index (χ4v) is 2.73. The summed E-state index contributed by atoms with van der Waals surface area (Å²) in [7, 11) is 0. The molecule has 0 radical (unpaired) electrons. The highest BCUT2D eigenvalue weighted by molar-refractivity contribution is 5.20. The third-order valence-electron chi connectivity index (χ3n) is 3.75. The molecule has 0 saturated heterocycles. The number of benzene rings is 1. The van der Waals surface area contributed by atoms with E-state index in [-0.39, 0.29) is 6.10 Å². The van der Waals surface area contributed by atoms with E-state index in [0.29, 0.717) is 11.8 Å². The molecule has 1 nitrogen and oxygen atoms in total. The van der Waals surface area contributed by atoms with Crippen LogP contribution >= 0.6 is 0 Å². The van der Waals surface area contributed by atoms with Crippen LogP contribution in [0.3, 0.4) is 0 Å². The Hall–Kier alpha value is -1.26. The van der Waals surface area contributed by atoms with Crippen LogP contribution in [0.25, 0.3) is 0 Å². The normalized spacial score (nSPS) is 28.2. The van der Waals surface area contributed by atoms with E-state index in [1.165, 1.54) is 5.56 Å². The lowest BCUT2D eigenvalue weighted by molar-refractivity contribution is 0.0644. The molecule has 2 rings (SSSR count). The van der Waals surface area contributed by atoms with Gasteiger partial charge in [0.15, 0.2) is 0 Å². The number of rotatable bonds is 2. The van der Waals surface area contributed by atoms with Crippen LogP contribution in [0.4, 0.5) is 0 Å². The Kier molecular flexibility index (Phi) is 4.23. The van der Waals surface area contributed by atoms with Crippen LogP contribution in [-0.4, -0.2) is 11.2 Å². The summed E-state index contributed by atoms with van der Waals surface area (Å²) in [6.45, 7) is 1.86. The molecular formula is C16H20O. The van der Waals surface area contributed by atoms with Gasteiger partial charge in [0.2, 0.25) is 0 Å². The first-order valence-electron chi connectivity index (χ1n) is 6.44. The van der Waals surface area contributed by atoms with E-state index in [0.717, 1.165) is 25.7 Å². The van der Waals surface area contributed by atoms with Gasteiger partial charge < -0.3 is 5.11 Å². The Bertz CT molecular complexity index is 399. The highest BCUT2D eigenvalue weighted by Crippen LogP contribution is 2.37. The Labute approximate surface area is 104 Å². The summed E-state index contributed by atoms with van der Waals surface area (Å²) in [6, 6.07) is 10.7. The molecule has 1 fully saturated rings. The van der Waals surface area contributed by atoms with Crippen LogP contribution in [0.1, 0.15) is 44.1 Å². The summed E-state index contributed by atoms with van der Waals surface area (Å²) in [6.07, 6.45) is 3.76. The van der Waals surface area contributed by atoms with Gasteiger partial charge in [-0.25, -0.2) is 0 Å². The van der Waals surface area contributed by atoms with Gasteiger partial charge in [-0.3, -0.25) is 0 Å². The predicted octanol–water partition coefficient (Wildman–Crippen LogP) is 3.34. The van der Waals surface area contributed by atoms with Crippen molar-refractivity contribution in [2.75, 3.05) is 0 Å². The number of aliphatic hydroxyl groups is 1. The molecular weight excluding hydrogens is 208 g/mol. The van der Waals surface area contributed by atoms with E-state index >= 15 is 0 Å². The molecule has 1 aliphatic carbocycles. The molecule has 3 atom stereocenters. The van der Waals surface area contributed by atoms with E-state index in [1.54, 1.807) is 0 Å². The van der Waals surface area contributed by atoms with Gasteiger partial charge in [-0.05, 0) is 43.6 Å². The van der Waals surface area contributed by atoms with Crippen molar-refractivity contribution in [2.24, 2.45) is 5.92 Å². The zero-order chi connectivity index (χ0) is 12.1. The fourth-order valence-electron chi connectivity index (χ4n) is 2.73. The van der Waals surface area contributed by atoms with E-state index in [4.69, 9.17) is 0 Å². The fraction of sp³-hybridized carbons (Fsp3) is 0.500. The Morgan fingerprint density at radius 3 is 2.71 bits per heavy atom. The van der Waals surface area contributed by atoms with Gasteiger partial charge in [0.25, 0.3) is 0 Å². The molecule has 1 aromatic rings. The summed E-state index contributed by atoms with van der Waals surface area (Å²) < 4.78 is 0. The van der Waals surface area contributed by atoms with Gasteiger partial charge in [0, 0.05) is 6.42 Å². The number of aliphatic hydroxyl groups excluding tert-OH is 1. The van der Waals surface area contributed by atoms with E-state index in [2.05, 4.69) is 42.2 Å². The summed E-state index contributed by atoms with van der Waals surface area (Å²) in [5.41, 5.74) is 1.41. The molecule has 3 unspecified atom stereocenters. The molecule has 1 aliphatic rings. The summed E-state index contributed by atoms with van der Waals surface area (Å²) >= 11 is 0. The second kappa shape index (κ2) is 5.89. The third kappa shape index (κ3) is 3.11. The van der Waals surface area contributed by atoms with Crippen molar-refractivity contribution in [1.82, 2.24) is 0 Å². The molecule has 0 bridgehead atoms. The van der Waals surface area contributed by atoms with Crippen LogP contribution in [0, 0.1) is 17.8 Å². The van der Waals surface area contributed by atoms with Crippen molar-refractivity contribution in [2.45, 2.75) is 44.6 Å². The molecule has 0 amide bonds. The molecule has 0 spiro atoms. The van der Waals surface area contributed by atoms with Gasteiger partial charge in [0.05, 0.1) is 6.10 Å². The second-order valence-electron chi connectivity index (χ2n) is 4.88.